The molecule has 1 N–H and O–H groups in total. The van der Waals surface area contributed by atoms with Gasteiger partial charge in [0.25, 0.3) is 0 Å². The third-order valence-corrected chi connectivity index (χ3v) is 12.6. The number of hydrogen-bond acceptors (Lipinski definition) is 4. The van der Waals surface area contributed by atoms with Crippen LogP contribution in [-0.4, -0.2) is 16.2 Å². The maximum Gasteiger partial charge on any atom is 0.159 e. The maximum atomic E-state index is 6.82. The molecule has 3 heterocycles. The van der Waals surface area contributed by atoms with Gasteiger partial charge in [-0.05, 0) is 97.5 Å². The van der Waals surface area contributed by atoms with Crippen LogP contribution in [0.1, 0.15) is 22.9 Å². The summed E-state index contributed by atoms with van der Waals surface area (Å²) in [4.78, 5) is 10.7. The van der Waals surface area contributed by atoms with Crippen molar-refractivity contribution in [2.45, 2.75) is 6.17 Å². The Bertz CT molecular complexity index is 3750. The summed E-state index contributed by atoms with van der Waals surface area (Å²) in [6.45, 7) is 0. The first-order chi connectivity index (χ1) is 30.7. The number of fused-ring (bicyclic) bond motifs is 10. The minimum Gasteiger partial charge on any atom is -0.456 e. The molecule has 1 aliphatic heterocycles. The molecule has 13 rings (SSSR count). The smallest absolute Gasteiger partial charge is 0.159 e. The Morgan fingerprint density at radius 1 is 0.435 bits per heavy atom. The molecular weight excluding hydrogens is 757 g/mol. The summed E-state index contributed by atoms with van der Waals surface area (Å²) in [5.41, 5.74) is 10.1. The van der Waals surface area contributed by atoms with Crippen LogP contribution < -0.4 is 5.32 Å². The Kier molecular flexibility index (Phi) is 7.60. The van der Waals surface area contributed by atoms with Crippen LogP contribution in [0, 0.1) is 0 Å². The van der Waals surface area contributed by atoms with E-state index in [1.165, 1.54) is 37.7 Å². The van der Waals surface area contributed by atoms with Crippen LogP contribution in [0.15, 0.2) is 221 Å². The molecule has 0 aliphatic carbocycles. The van der Waals surface area contributed by atoms with Crippen LogP contribution in [-0.2, 0) is 0 Å². The van der Waals surface area contributed by atoms with Gasteiger partial charge in [-0.15, -0.1) is 0 Å². The van der Waals surface area contributed by atoms with E-state index < -0.39 is 6.17 Å². The van der Waals surface area contributed by atoms with E-state index in [4.69, 9.17) is 14.4 Å². The van der Waals surface area contributed by atoms with E-state index in [2.05, 4.69) is 198 Å². The Labute approximate surface area is 356 Å². The molecule has 1 atom stereocenters. The Hall–Kier alpha value is -8.28. The highest BCUT2D eigenvalue weighted by Crippen LogP contribution is 2.42. The molecule has 1 unspecified atom stereocenters. The van der Waals surface area contributed by atoms with Crippen LogP contribution in [0.25, 0.3) is 92.9 Å². The topological polar surface area (TPSA) is 54.8 Å². The Morgan fingerprint density at radius 3 is 1.73 bits per heavy atom. The van der Waals surface area contributed by atoms with Crippen LogP contribution in [0.5, 0.6) is 0 Å². The number of hydrogen-bond donors (Lipinski definition) is 1. The van der Waals surface area contributed by atoms with E-state index in [1.807, 2.05) is 18.2 Å². The zero-order valence-electron chi connectivity index (χ0n) is 33.5. The van der Waals surface area contributed by atoms with Gasteiger partial charge in [-0.3, -0.25) is 0 Å². The first kappa shape index (κ1) is 34.6. The van der Waals surface area contributed by atoms with Crippen molar-refractivity contribution >= 4 is 87.7 Å². The SMILES string of the molecule is c1ccc(C2=NC(c3cccc(-c4ccccc4)c3)NC(c3cc4oc5ccc6ccccc6c5c4cc3-n3c4cc5ccccc5cc4c4cc5ccccc5cc43)=N2)cc1. The van der Waals surface area contributed by atoms with Gasteiger partial charge in [-0.1, -0.05) is 158 Å². The number of furan rings is 1. The first-order valence-corrected chi connectivity index (χ1v) is 21.1. The summed E-state index contributed by atoms with van der Waals surface area (Å²) in [5.74, 6) is 1.38. The highest BCUT2D eigenvalue weighted by atomic mass is 16.3. The van der Waals surface area contributed by atoms with E-state index in [-0.39, 0.29) is 0 Å². The zero-order valence-corrected chi connectivity index (χ0v) is 33.5. The minimum absolute atomic E-state index is 0.421. The van der Waals surface area contributed by atoms with Crippen LogP contribution >= 0.6 is 0 Å². The fourth-order valence-corrected chi connectivity index (χ4v) is 9.60. The fraction of sp³-hybridized carbons (Fsp3) is 0.0175. The molecule has 0 bridgehead atoms. The molecule has 0 radical (unpaired) electrons. The van der Waals surface area contributed by atoms with Gasteiger partial charge in [0.1, 0.15) is 23.2 Å². The molecule has 62 heavy (non-hydrogen) atoms. The lowest BCUT2D eigenvalue weighted by Crippen LogP contribution is -2.34. The zero-order chi connectivity index (χ0) is 40.7. The molecule has 0 saturated heterocycles. The summed E-state index contributed by atoms with van der Waals surface area (Å²) in [6.07, 6.45) is -0.421. The second-order valence-corrected chi connectivity index (χ2v) is 16.2. The first-order valence-electron chi connectivity index (χ1n) is 21.1. The molecular formula is C57H36N4O. The molecule has 5 heteroatoms. The molecule has 10 aromatic carbocycles. The average molecular weight is 793 g/mol. The predicted octanol–water partition coefficient (Wildman–Crippen LogP) is 14.3. The lowest BCUT2D eigenvalue weighted by Gasteiger charge is -2.25. The molecule has 0 saturated carbocycles. The number of nitrogens with zero attached hydrogens (tertiary/aromatic N) is 3. The van der Waals surface area contributed by atoms with Crippen molar-refractivity contribution in [2.24, 2.45) is 9.98 Å². The number of amidine groups is 2. The van der Waals surface area contributed by atoms with Gasteiger partial charge in [-0.2, -0.15) is 0 Å². The third kappa shape index (κ3) is 5.49. The largest absolute Gasteiger partial charge is 0.456 e. The molecule has 0 spiro atoms. The fourth-order valence-electron chi connectivity index (χ4n) is 9.60. The second kappa shape index (κ2) is 13.6. The van der Waals surface area contributed by atoms with E-state index in [0.29, 0.717) is 11.7 Å². The monoisotopic (exact) mass is 792 g/mol. The number of benzene rings is 10. The molecule has 5 nitrogen and oxygen atoms in total. The summed E-state index contributed by atoms with van der Waals surface area (Å²) in [7, 11) is 0. The average Bonchev–Trinajstić information content (AvgIpc) is 3.86. The van der Waals surface area contributed by atoms with E-state index in [9.17, 15) is 0 Å². The molecule has 0 amide bonds. The standard InChI is InChI=1S/C57H36N4O/c1-3-14-35(15-4-1)38-23-13-24-43(28-38)56-58-55(37-17-5-2-6-18-37)59-57(60-56)47-34-53-48(54-44-25-12-11-16-36(44)26-27-52(54)62-53)33-51(47)61-49-31-41-21-9-7-19-39(41)29-45(49)46-30-40-20-8-10-22-42(40)32-50(46)61/h1-34,56H,(H,58,59,60). The minimum atomic E-state index is -0.421. The maximum absolute atomic E-state index is 6.82. The van der Waals surface area contributed by atoms with Crippen LogP contribution in [0.4, 0.5) is 0 Å². The lowest BCUT2D eigenvalue weighted by atomic mass is 10.00. The summed E-state index contributed by atoms with van der Waals surface area (Å²) >= 11 is 0. The van der Waals surface area contributed by atoms with Crippen LogP contribution in [0.2, 0.25) is 0 Å². The predicted molar refractivity (Wildman–Crippen MR) is 258 cm³/mol. The summed E-state index contributed by atoms with van der Waals surface area (Å²) < 4.78 is 9.27. The molecule has 12 aromatic rings. The highest BCUT2D eigenvalue weighted by molar-refractivity contribution is 6.23. The quantitative estimate of drug-likeness (QED) is 0.189. The normalized spacial score (nSPS) is 14.3. The van der Waals surface area contributed by atoms with Crippen molar-refractivity contribution in [3.05, 3.63) is 223 Å². The molecule has 2 aromatic heterocycles. The highest BCUT2D eigenvalue weighted by Gasteiger charge is 2.27. The van der Waals surface area contributed by atoms with Crippen molar-refractivity contribution in [3.8, 4) is 16.8 Å². The van der Waals surface area contributed by atoms with Gasteiger partial charge < -0.3 is 14.3 Å². The second-order valence-electron chi connectivity index (χ2n) is 16.2. The van der Waals surface area contributed by atoms with Crippen molar-refractivity contribution < 1.29 is 4.42 Å². The van der Waals surface area contributed by atoms with Crippen molar-refractivity contribution in [2.75, 3.05) is 0 Å². The van der Waals surface area contributed by atoms with Gasteiger partial charge in [0.05, 0.1) is 16.7 Å². The van der Waals surface area contributed by atoms with E-state index in [1.54, 1.807) is 0 Å². The number of rotatable bonds is 5. The summed E-state index contributed by atoms with van der Waals surface area (Å²) in [6, 6.07) is 73.5. The van der Waals surface area contributed by atoms with Gasteiger partial charge in [-0.25, -0.2) is 9.98 Å². The molecule has 1 aliphatic rings. The van der Waals surface area contributed by atoms with Crippen LogP contribution in [0.3, 0.4) is 0 Å². The van der Waals surface area contributed by atoms with Crippen molar-refractivity contribution in [1.82, 2.24) is 9.88 Å². The van der Waals surface area contributed by atoms with Crippen molar-refractivity contribution in [1.29, 1.82) is 0 Å². The summed E-state index contributed by atoms with van der Waals surface area (Å²) in [5, 5.41) is 15.5. The Morgan fingerprint density at radius 2 is 1.03 bits per heavy atom. The van der Waals surface area contributed by atoms with Crippen molar-refractivity contribution in [3.63, 3.8) is 0 Å². The lowest BCUT2D eigenvalue weighted by molar-refractivity contribution is 0.666. The number of nitrogens with one attached hydrogen (secondary N) is 1. The molecule has 0 fully saturated rings. The third-order valence-electron chi connectivity index (χ3n) is 12.6. The van der Waals surface area contributed by atoms with Gasteiger partial charge in [0, 0.05) is 32.7 Å². The number of aromatic nitrogens is 1. The van der Waals surface area contributed by atoms with Gasteiger partial charge in [0.15, 0.2) is 5.84 Å². The van der Waals surface area contributed by atoms with E-state index >= 15 is 0 Å². The molecule has 290 valence electrons. The van der Waals surface area contributed by atoms with E-state index in [0.717, 1.165) is 71.9 Å². The van der Waals surface area contributed by atoms with Gasteiger partial charge >= 0.3 is 0 Å². The van der Waals surface area contributed by atoms with Gasteiger partial charge in [0.2, 0.25) is 0 Å². The number of aliphatic imine (C=N–C) groups is 2. The Balaban J connectivity index is 1.13.